The number of hydrazine groups is 1. The fraction of sp³-hybridized carbons (Fsp3) is 0.143. The molecule has 2 aliphatic rings. The van der Waals surface area contributed by atoms with Crippen LogP contribution < -0.4 is 5.43 Å². The van der Waals surface area contributed by atoms with E-state index in [2.05, 4.69) is 136 Å². The molecule has 2 aromatic heterocycles. The van der Waals surface area contributed by atoms with E-state index in [1.807, 2.05) is 0 Å². The first-order valence-corrected chi connectivity index (χ1v) is 13.8. The molecule has 2 N–H and O–H groups in total. The molecular formula is C35H30N4. The van der Waals surface area contributed by atoms with Crippen LogP contribution in [0.4, 0.5) is 0 Å². The van der Waals surface area contributed by atoms with Gasteiger partial charge in [0.05, 0.1) is 12.1 Å². The van der Waals surface area contributed by atoms with Crippen molar-refractivity contribution in [1.82, 2.24) is 20.0 Å². The average Bonchev–Trinajstić information content (AvgIpc) is 3.66. The monoisotopic (exact) mass is 506 g/mol. The van der Waals surface area contributed by atoms with E-state index in [0.29, 0.717) is 5.92 Å². The molecule has 0 saturated carbocycles. The highest BCUT2D eigenvalue weighted by atomic mass is 15.5. The van der Waals surface area contributed by atoms with E-state index >= 15 is 0 Å². The van der Waals surface area contributed by atoms with Gasteiger partial charge in [-0.25, -0.2) is 5.43 Å². The number of fused-ring (bicyclic) bond motifs is 6. The van der Waals surface area contributed by atoms with E-state index < -0.39 is 0 Å². The van der Waals surface area contributed by atoms with Gasteiger partial charge < -0.3 is 14.6 Å². The largest absolute Gasteiger partial charge is 0.354 e. The summed E-state index contributed by atoms with van der Waals surface area (Å²) < 4.78 is 2.45. The van der Waals surface area contributed by atoms with E-state index in [-0.39, 0.29) is 0 Å². The second kappa shape index (κ2) is 8.75. The van der Waals surface area contributed by atoms with Crippen LogP contribution in [0.1, 0.15) is 29.3 Å². The molecule has 4 aromatic carbocycles. The Balaban J connectivity index is 1.20. The highest BCUT2D eigenvalue weighted by molar-refractivity contribution is 6.12. The average molecular weight is 507 g/mol. The fourth-order valence-corrected chi connectivity index (χ4v) is 6.38. The quantitative estimate of drug-likeness (QED) is 0.256. The minimum Gasteiger partial charge on any atom is -0.354 e. The zero-order valence-corrected chi connectivity index (χ0v) is 22.0. The van der Waals surface area contributed by atoms with E-state index in [0.717, 1.165) is 19.5 Å². The van der Waals surface area contributed by atoms with Gasteiger partial charge in [-0.05, 0) is 71.0 Å². The molecular weight excluding hydrogens is 476 g/mol. The molecule has 0 radical (unpaired) electrons. The summed E-state index contributed by atoms with van der Waals surface area (Å²) in [5, 5.41) is 6.14. The normalized spacial score (nSPS) is 16.9. The topological polar surface area (TPSA) is 36.0 Å². The maximum atomic E-state index is 3.66. The Kier molecular flexibility index (Phi) is 5.04. The van der Waals surface area contributed by atoms with Crippen molar-refractivity contribution in [2.75, 3.05) is 6.54 Å². The summed E-state index contributed by atoms with van der Waals surface area (Å²) in [4.78, 5) is 3.66. The van der Waals surface area contributed by atoms with Gasteiger partial charge in [0, 0.05) is 51.3 Å². The molecule has 0 spiro atoms. The number of aromatic amines is 1. The maximum absolute atomic E-state index is 3.66. The number of hydrogen-bond donors (Lipinski definition) is 2. The third kappa shape index (κ3) is 3.71. The van der Waals surface area contributed by atoms with E-state index in [1.165, 1.54) is 66.4 Å². The number of benzene rings is 4. The van der Waals surface area contributed by atoms with Crippen LogP contribution in [0.25, 0.3) is 50.0 Å². The van der Waals surface area contributed by atoms with Crippen molar-refractivity contribution in [3.05, 3.63) is 126 Å². The van der Waals surface area contributed by atoms with Crippen molar-refractivity contribution >= 4 is 44.4 Å². The first-order valence-electron chi connectivity index (χ1n) is 13.8. The summed E-state index contributed by atoms with van der Waals surface area (Å²) in [6, 6.07) is 33.1. The highest BCUT2D eigenvalue weighted by Gasteiger charge is 2.22. The lowest BCUT2D eigenvalue weighted by Crippen LogP contribution is -2.28. The predicted octanol–water partition coefficient (Wildman–Crippen LogP) is 7.83. The molecule has 1 unspecified atom stereocenters. The first-order chi connectivity index (χ1) is 19.2. The van der Waals surface area contributed by atoms with Crippen LogP contribution in [0.5, 0.6) is 0 Å². The van der Waals surface area contributed by atoms with Crippen LogP contribution in [0.3, 0.4) is 0 Å². The molecule has 4 nitrogen and oxygen atoms in total. The van der Waals surface area contributed by atoms with Crippen LogP contribution in [0, 0.1) is 5.92 Å². The lowest BCUT2D eigenvalue weighted by molar-refractivity contribution is 0.299. The number of para-hydroxylation sites is 1. The summed E-state index contributed by atoms with van der Waals surface area (Å²) in [5.74, 6) is 0.540. The summed E-state index contributed by atoms with van der Waals surface area (Å²) in [5.41, 5.74) is 15.0. The summed E-state index contributed by atoms with van der Waals surface area (Å²) in [6.07, 6.45) is 7.99. The Labute approximate surface area is 227 Å². The van der Waals surface area contributed by atoms with Crippen LogP contribution in [-0.2, 0) is 13.0 Å². The molecule has 0 bridgehead atoms. The zero-order valence-electron chi connectivity index (χ0n) is 22.0. The van der Waals surface area contributed by atoms with E-state index in [1.54, 1.807) is 0 Å². The number of hydrogen-bond acceptors (Lipinski definition) is 2. The van der Waals surface area contributed by atoms with Crippen molar-refractivity contribution in [3.63, 3.8) is 0 Å². The van der Waals surface area contributed by atoms with Gasteiger partial charge in [0.15, 0.2) is 0 Å². The van der Waals surface area contributed by atoms with Crippen molar-refractivity contribution in [2.45, 2.75) is 19.9 Å². The molecule has 0 saturated heterocycles. The first kappa shape index (κ1) is 22.4. The molecule has 0 fully saturated rings. The Morgan fingerprint density at radius 2 is 1.64 bits per heavy atom. The lowest BCUT2D eigenvalue weighted by atomic mass is 9.93. The van der Waals surface area contributed by atoms with Crippen LogP contribution in [0.15, 0.2) is 103 Å². The number of nitrogens with zero attached hydrogens (tertiary/aromatic N) is 2. The van der Waals surface area contributed by atoms with Crippen molar-refractivity contribution in [1.29, 1.82) is 0 Å². The number of rotatable bonds is 4. The minimum absolute atomic E-state index is 0.540. The van der Waals surface area contributed by atoms with Crippen molar-refractivity contribution in [3.8, 4) is 5.69 Å². The fourth-order valence-electron chi connectivity index (χ4n) is 6.38. The van der Waals surface area contributed by atoms with Gasteiger partial charge in [-0.15, -0.1) is 0 Å². The van der Waals surface area contributed by atoms with Crippen LogP contribution in [-0.4, -0.2) is 21.1 Å². The van der Waals surface area contributed by atoms with Gasteiger partial charge >= 0.3 is 0 Å². The molecule has 8 rings (SSSR count). The number of H-pyrrole nitrogens is 1. The van der Waals surface area contributed by atoms with Crippen LogP contribution in [0.2, 0.25) is 0 Å². The lowest BCUT2D eigenvalue weighted by Gasteiger charge is -2.15. The molecule has 1 aliphatic carbocycles. The van der Waals surface area contributed by atoms with Gasteiger partial charge in [0.2, 0.25) is 0 Å². The standard InChI is InChI=1S/C35H30N4/c1-23-11-16-34-30(17-23)31-18-29-28-9-5-6-10-32(28)37-33(29)19-35(31)39(34)27-14-12-25(13-15-27)26-20-36-38(22-26)21-24-7-3-2-4-8-24/h2-16,18-19,22-23,36-37H,17,20-21H2,1H3. The van der Waals surface area contributed by atoms with Crippen LogP contribution >= 0.6 is 0 Å². The number of nitrogens with one attached hydrogen (secondary N) is 2. The van der Waals surface area contributed by atoms with Gasteiger partial charge in [-0.2, -0.15) is 0 Å². The van der Waals surface area contributed by atoms with Gasteiger partial charge in [-0.1, -0.05) is 73.7 Å². The number of aromatic nitrogens is 2. The molecule has 1 atom stereocenters. The smallest absolute Gasteiger partial charge is 0.0588 e. The van der Waals surface area contributed by atoms with Crippen molar-refractivity contribution < 1.29 is 0 Å². The van der Waals surface area contributed by atoms with E-state index in [9.17, 15) is 0 Å². The Bertz CT molecular complexity index is 1920. The molecule has 190 valence electrons. The SMILES string of the molecule is CC1C=Cc2c(c3cc4c(cc3n2-c2ccc(C3=CN(Cc5ccccc5)NC3)cc2)[nH]c2ccccc24)C1. The van der Waals surface area contributed by atoms with Gasteiger partial charge in [0.1, 0.15) is 0 Å². The van der Waals surface area contributed by atoms with E-state index in [4.69, 9.17) is 0 Å². The number of allylic oxidation sites excluding steroid dienone is 1. The van der Waals surface area contributed by atoms with Gasteiger partial charge in [0.25, 0.3) is 0 Å². The molecule has 1 aliphatic heterocycles. The Morgan fingerprint density at radius 1 is 0.821 bits per heavy atom. The summed E-state index contributed by atoms with van der Waals surface area (Å²) in [6.45, 7) is 4.01. The third-order valence-electron chi connectivity index (χ3n) is 8.32. The maximum Gasteiger partial charge on any atom is 0.0588 e. The molecule has 3 heterocycles. The molecule has 4 heteroatoms. The van der Waals surface area contributed by atoms with Crippen molar-refractivity contribution in [2.24, 2.45) is 5.92 Å². The summed E-state index contributed by atoms with van der Waals surface area (Å²) >= 11 is 0. The second-order valence-corrected chi connectivity index (χ2v) is 11.0. The second-order valence-electron chi connectivity index (χ2n) is 11.0. The Hall–Kier alpha value is -4.54. The zero-order chi connectivity index (χ0) is 25.9. The minimum atomic E-state index is 0.540. The molecule has 6 aromatic rings. The van der Waals surface area contributed by atoms with Gasteiger partial charge in [-0.3, -0.25) is 0 Å². The third-order valence-corrected chi connectivity index (χ3v) is 8.32. The summed E-state index contributed by atoms with van der Waals surface area (Å²) in [7, 11) is 0. The predicted molar refractivity (Wildman–Crippen MR) is 163 cm³/mol. The highest BCUT2D eigenvalue weighted by Crippen LogP contribution is 2.39. The molecule has 39 heavy (non-hydrogen) atoms. The Morgan fingerprint density at radius 3 is 2.51 bits per heavy atom. The molecule has 0 amide bonds.